The fraction of sp³-hybridized carbons (Fsp3) is 0.192. The van der Waals surface area contributed by atoms with Gasteiger partial charge in [-0.15, -0.1) is 0 Å². The summed E-state index contributed by atoms with van der Waals surface area (Å²) in [6.45, 7) is 0. The summed E-state index contributed by atoms with van der Waals surface area (Å²) in [5.41, 5.74) is 6.25. The van der Waals surface area contributed by atoms with Gasteiger partial charge in [0.25, 0.3) is 0 Å². The molecule has 3 aromatic carbocycles. The molecular weight excluding hydrogens is 404 g/mol. The molecule has 0 bridgehead atoms. The SMILES string of the molecule is COc1ccc(OC(=O)NC(Cc2ccccc2)C2C=C(Cc3ccccc3)NO2)cc1. The second-order valence-electron chi connectivity index (χ2n) is 7.54. The van der Waals surface area contributed by atoms with E-state index in [1.165, 1.54) is 5.56 Å². The summed E-state index contributed by atoms with van der Waals surface area (Å²) in [5.74, 6) is 1.13. The van der Waals surface area contributed by atoms with Crippen molar-refractivity contribution in [2.45, 2.75) is 25.0 Å². The summed E-state index contributed by atoms with van der Waals surface area (Å²) in [6.07, 6.45) is 2.47. The van der Waals surface area contributed by atoms with Gasteiger partial charge in [-0.1, -0.05) is 60.7 Å². The highest BCUT2D eigenvalue weighted by Gasteiger charge is 2.28. The van der Waals surface area contributed by atoms with Crippen molar-refractivity contribution in [2.75, 3.05) is 7.11 Å². The zero-order valence-corrected chi connectivity index (χ0v) is 17.9. The summed E-state index contributed by atoms with van der Waals surface area (Å²) in [7, 11) is 1.59. The van der Waals surface area contributed by atoms with Crippen molar-refractivity contribution < 1.29 is 19.1 Å². The number of hydroxylamine groups is 1. The minimum absolute atomic E-state index is 0.316. The number of carbonyl (C=O) groups is 1. The molecule has 4 rings (SSSR count). The Labute approximate surface area is 187 Å². The molecule has 0 spiro atoms. The van der Waals surface area contributed by atoms with Crippen molar-refractivity contribution in [3.05, 3.63) is 108 Å². The quantitative estimate of drug-likeness (QED) is 0.554. The molecule has 0 saturated heterocycles. The van der Waals surface area contributed by atoms with E-state index in [1.807, 2.05) is 54.6 Å². The molecule has 6 nitrogen and oxygen atoms in total. The van der Waals surface area contributed by atoms with Crippen LogP contribution in [0.2, 0.25) is 0 Å². The molecule has 2 atom stereocenters. The number of benzene rings is 3. The van der Waals surface area contributed by atoms with Crippen LogP contribution < -0.4 is 20.3 Å². The zero-order valence-electron chi connectivity index (χ0n) is 17.9. The zero-order chi connectivity index (χ0) is 22.2. The summed E-state index contributed by atoms with van der Waals surface area (Å²) >= 11 is 0. The monoisotopic (exact) mass is 430 g/mol. The second-order valence-corrected chi connectivity index (χ2v) is 7.54. The van der Waals surface area contributed by atoms with Crippen LogP contribution in [0.5, 0.6) is 11.5 Å². The molecule has 2 N–H and O–H groups in total. The van der Waals surface area contributed by atoms with Crippen LogP contribution in [0, 0.1) is 0 Å². The first kappa shape index (κ1) is 21.5. The lowest BCUT2D eigenvalue weighted by atomic mass is 10.00. The number of methoxy groups -OCH3 is 1. The van der Waals surface area contributed by atoms with Gasteiger partial charge >= 0.3 is 6.09 Å². The van der Waals surface area contributed by atoms with Gasteiger partial charge in [-0.3, -0.25) is 10.3 Å². The number of carbonyl (C=O) groups excluding carboxylic acids is 1. The van der Waals surface area contributed by atoms with Crippen LogP contribution in [0.15, 0.2) is 96.7 Å². The van der Waals surface area contributed by atoms with Crippen LogP contribution in [0.4, 0.5) is 4.79 Å². The largest absolute Gasteiger partial charge is 0.497 e. The predicted octanol–water partition coefficient (Wildman–Crippen LogP) is 4.42. The molecule has 0 fully saturated rings. The third kappa shape index (κ3) is 5.89. The highest BCUT2D eigenvalue weighted by atomic mass is 16.7. The fourth-order valence-corrected chi connectivity index (χ4v) is 3.57. The maximum Gasteiger partial charge on any atom is 0.412 e. The second kappa shape index (κ2) is 10.5. The highest BCUT2D eigenvalue weighted by Crippen LogP contribution is 2.20. The van der Waals surface area contributed by atoms with Gasteiger partial charge in [0.1, 0.15) is 17.6 Å². The Balaban J connectivity index is 1.45. The molecule has 1 aliphatic rings. The molecule has 0 aliphatic carbocycles. The standard InChI is InChI=1S/C26H26N2O4/c1-30-22-12-14-23(15-13-22)31-26(29)27-24(17-20-10-6-3-7-11-20)25-18-21(28-32-25)16-19-8-4-2-5-9-19/h2-15,18,24-25,28H,16-17H2,1H3,(H,27,29). The molecule has 0 saturated carbocycles. The van der Waals surface area contributed by atoms with E-state index in [0.717, 1.165) is 17.7 Å². The first-order chi connectivity index (χ1) is 15.7. The van der Waals surface area contributed by atoms with E-state index in [9.17, 15) is 4.79 Å². The van der Waals surface area contributed by atoms with E-state index >= 15 is 0 Å². The number of nitrogens with one attached hydrogen (secondary N) is 2. The van der Waals surface area contributed by atoms with Crippen molar-refractivity contribution in [3.8, 4) is 11.5 Å². The van der Waals surface area contributed by atoms with E-state index in [2.05, 4.69) is 22.9 Å². The lowest BCUT2D eigenvalue weighted by molar-refractivity contribution is 0.0212. The Morgan fingerprint density at radius 1 is 0.938 bits per heavy atom. The van der Waals surface area contributed by atoms with Crippen LogP contribution >= 0.6 is 0 Å². The maximum atomic E-state index is 12.6. The lowest BCUT2D eigenvalue weighted by Crippen LogP contribution is -2.46. The number of hydrogen-bond donors (Lipinski definition) is 2. The average molecular weight is 431 g/mol. The van der Waals surface area contributed by atoms with E-state index in [0.29, 0.717) is 17.9 Å². The Kier molecular flexibility index (Phi) is 7.05. The molecule has 32 heavy (non-hydrogen) atoms. The molecule has 1 aliphatic heterocycles. The summed E-state index contributed by atoms with van der Waals surface area (Å²) in [6, 6.07) is 26.7. The first-order valence-electron chi connectivity index (χ1n) is 10.5. The third-order valence-corrected chi connectivity index (χ3v) is 5.20. The molecule has 6 heteroatoms. The van der Waals surface area contributed by atoms with Crippen LogP contribution in [0.3, 0.4) is 0 Å². The Morgan fingerprint density at radius 2 is 1.56 bits per heavy atom. The number of allylic oxidation sites excluding steroid dienone is 1. The van der Waals surface area contributed by atoms with Gasteiger partial charge in [0.15, 0.2) is 0 Å². The normalized spacial score (nSPS) is 15.9. The minimum Gasteiger partial charge on any atom is -0.497 e. The van der Waals surface area contributed by atoms with Crippen molar-refractivity contribution in [1.29, 1.82) is 0 Å². The minimum atomic E-state index is -0.537. The van der Waals surface area contributed by atoms with Crippen molar-refractivity contribution in [1.82, 2.24) is 10.8 Å². The van der Waals surface area contributed by atoms with Crippen LogP contribution in [0.1, 0.15) is 11.1 Å². The van der Waals surface area contributed by atoms with Crippen molar-refractivity contribution in [2.24, 2.45) is 0 Å². The smallest absolute Gasteiger partial charge is 0.412 e. The van der Waals surface area contributed by atoms with Crippen molar-refractivity contribution in [3.63, 3.8) is 0 Å². The third-order valence-electron chi connectivity index (χ3n) is 5.20. The molecule has 1 amide bonds. The fourth-order valence-electron chi connectivity index (χ4n) is 3.57. The molecule has 0 radical (unpaired) electrons. The number of ether oxygens (including phenoxy) is 2. The highest BCUT2D eigenvalue weighted by molar-refractivity contribution is 5.71. The number of hydrogen-bond acceptors (Lipinski definition) is 5. The van der Waals surface area contributed by atoms with Gasteiger partial charge in [-0.05, 0) is 47.9 Å². The van der Waals surface area contributed by atoms with Gasteiger partial charge in [0.2, 0.25) is 0 Å². The van der Waals surface area contributed by atoms with E-state index in [-0.39, 0.29) is 12.1 Å². The summed E-state index contributed by atoms with van der Waals surface area (Å²) in [4.78, 5) is 18.5. The van der Waals surface area contributed by atoms with Crippen molar-refractivity contribution >= 4 is 6.09 Å². The van der Waals surface area contributed by atoms with Gasteiger partial charge in [-0.25, -0.2) is 4.79 Å². The summed E-state index contributed by atoms with van der Waals surface area (Å²) in [5, 5.41) is 2.97. The topological polar surface area (TPSA) is 68.8 Å². The van der Waals surface area contributed by atoms with Gasteiger partial charge in [0, 0.05) is 12.1 Å². The molecule has 2 unspecified atom stereocenters. The van der Waals surface area contributed by atoms with Crippen LogP contribution in [-0.4, -0.2) is 25.3 Å². The van der Waals surface area contributed by atoms with Gasteiger partial charge < -0.3 is 14.8 Å². The first-order valence-corrected chi connectivity index (χ1v) is 10.5. The molecule has 3 aromatic rings. The maximum absolute atomic E-state index is 12.6. The molecular formula is C26H26N2O4. The summed E-state index contributed by atoms with van der Waals surface area (Å²) < 4.78 is 10.6. The van der Waals surface area contributed by atoms with Crippen LogP contribution in [0.25, 0.3) is 0 Å². The van der Waals surface area contributed by atoms with E-state index in [1.54, 1.807) is 31.4 Å². The average Bonchev–Trinajstić information content (AvgIpc) is 3.29. The number of amides is 1. The molecule has 0 aromatic heterocycles. The molecule has 164 valence electrons. The van der Waals surface area contributed by atoms with Gasteiger partial charge in [0.05, 0.1) is 13.2 Å². The van der Waals surface area contributed by atoms with E-state index in [4.69, 9.17) is 14.3 Å². The van der Waals surface area contributed by atoms with Crippen LogP contribution in [-0.2, 0) is 17.7 Å². The predicted molar refractivity (Wildman–Crippen MR) is 122 cm³/mol. The van der Waals surface area contributed by atoms with Gasteiger partial charge in [-0.2, -0.15) is 0 Å². The lowest BCUT2D eigenvalue weighted by Gasteiger charge is -2.22. The Bertz CT molecular complexity index is 1040. The Hall–Kier alpha value is -3.77. The molecule has 1 heterocycles. The number of rotatable bonds is 8. The van der Waals surface area contributed by atoms with E-state index < -0.39 is 6.09 Å². The Morgan fingerprint density at radius 3 is 2.22 bits per heavy atom.